The Balaban J connectivity index is 2.16. The molecular weight excluding hydrogens is 367 g/mol. The summed E-state index contributed by atoms with van der Waals surface area (Å²) >= 11 is 0. The number of hydrogen-bond acceptors (Lipinski definition) is 2. The molecule has 0 saturated heterocycles. The average molecular weight is 387 g/mol. The molecule has 0 spiro atoms. The lowest BCUT2D eigenvalue weighted by atomic mass is 9.91. The lowest BCUT2D eigenvalue weighted by Crippen LogP contribution is -2.32. The first-order valence-corrected chi connectivity index (χ1v) is 9.11. The molecule has 146 valence electrons. The Hall–Kier alpha value is -3.01. The van der Waals surface area contributed by atoms with Crippen molar-refractivity contribution in [3.05, 3.63) is 75.5 Å². The third-order valence-electron chi connectivity index (χ3n) is 5.02. The second-order valence-electron chi connectivity index (χ2n) is 6.80. The summed E-state index contributed by atoms with van der Waals surface area (Å²) in [6.45, 7) is 9.24. The molecule has 0 fully saturated rings. The largest absolute Gasteiger partial charge is 0.407 e. The summed E-state index contributed by atoms with van der Waals surface area (Å²) in [4.78, 5) is 15.7. The van der Waals surface area contributed by atoms with Gasteiger partial charge in [-0.3, -0.25) is 10.2 Å². The maximum atomic E-state index is 13.5. The number of allylic oxidation sites excluding steroid dienone is 2. The van der Waals surface area contributed by atoms with Gasteiger partial charge in [-0.15, -0.1) is 0 Å². The van der Waals surface area contributed by atoms with Crippen molar-refractivity contribution >= 4 is 5.69 Å². The zero-order chi connectivity index (χ0) is 20.3. The van der Waals surface area contributed by atoms with E-state index in [1.165, 1.54) is 0 Å². The van der Waals surface area contributed by atoms with Crippen molar-refractivity contribution in [1.29, 1.82) is 0 Å². The van der Waals surface area contributed by atoms with Crippen LogP contribution in [0.4, 0.5) is 18.9 Å². The molecule has 0 amide bonds. The summed E-state index contributed by atoms with van der Waals surface area (Å²) in [5.41, 5.74) is 1.13. The fourth-order valence-electron chi connectivity index (χ4n) is 3.36. The maximum absolute atomic E-state index is 13.5. The lowest BCUT2D eigenvalue weighted by molar-refractivity contribution is -0.136. The van der Waals surface area contributed by atoms with E-state index in [1.807, 2.05) is 6.08 Å². The van der Waals surface area contributed by atoms with E-state index in [2.05, 4.69) is 17.2 Å². The summed E-state index contributed by atoms with van der Waals surface area (Å²) in [6.07, 6.45) is 0.745. The van der Waals surface area contributed by atoms with Crippen molar-refractivity contribution in [3.63, 3.8) is 0 Å². The number of pyridine rings is 1. The first kappa shape index (κ1) is 19.7. The van der Waals surface area contributed by atoms with Gasteiger partial charge in [0.2, 0.25) is 0 Å². The monoisotopic (exact) mass is 387 g/mol. The highest BCUT2D eigenvalue weighted by Crippen LogP contribution is 2.37. The molecule has 1 atom stereocenters. The van der Waals surface area contributed by atoms with E-state index in [4.69, 9.17) is 6.57 Å². The van der Waals surface area contributed by atoms with Crippen LogP contribution in [0, 0.1) is 12.5 Å². The van der Waals surface area contributed by atoms with Crippen molar-refractivity contribution in [1.82, 2.24) is 4.68 Å². The molecule has 1 aromatic carbocycles. The predicted molar refractivity (Wildman–Crippen MR) is 102 cm³/mol. The molecule has 0 radical (unpaired) electrons. The predicted octanol–water partition coefficient (Wildman–Crippen LogP) is 5.72. The minimum atomic E-state index is -4.79. The van der Waals surface area contributed by atoms with Crippen LogP contribution in [-0.4, -0.2) is 4.68 Å². The SMILES string of the molecule is [C-]#[N+]c1c(C(F)(F)F)cc(-c2ccccc2)n(NC2=CCC(CC)CC2)c1=O. The van der Waals surface area contributed by atoms with Crippen LogP contribution in [0.5, 0.6) is 0 Å². The Morgan fingerprint density at radius 3 is 2.54 bits per heavy atom. The van der Waals surface area contributed by atoms with Crippen molar-refractivity contribution in [3.8, 4) is 11.3 Å². The Morgan fingerprint density at radius 1 is 1.29 bits per heavy atom. The normalized spacial score (nSPS) is 17.0. The van der Waals surface area contributed by atoms with Gasteiger partial charge in [-0.25, -0.2) is 9.52 Å². The first-order chi connectivity index (χ1) is 13.3. The Labute approximate surface area is 161 Å². The van der Waals surface area contributed by atoms with Gasteiger partial charge < -0.3 is 0 Å². The molecule has 0 bridgehead atoms. The van der Waals surface area contributed by atoms with Gasteiger partial charge in [0.1, 0.15) is 0 Å². The van der Waals surface area contributed by atoms with E-state index < -0.39 is 23.0 Å². The van der Waals surface area contributed by atoms with Crippen LogP contribution >= 0.6 is 0 Å². The number of hydrogen-bond donors (Lipinski definition) is 1. The standard InChI is InChI=1S/C21H20F3N3O/c1-3-14-9-11-16(12-10-14)26-27-18(15-7-5-4-6-8-15)13-17(21(22,23)24)19(25-2)20(27)28/h4-8,11,13-14,26H,3,9-10,12H2,1H3. The van der Waals surface area contributed by atoms with Crippen LogP contribution in [0.25, 0.3) is 16.1 Å². The van der Waals surface area contributed by atoms with E-state index in [0.717, 1.165) is 35.7 Å². The van der Waals surface area contributed by atoms with Crippen LogP contribution < -0.4 is 11.0 Å². The third-order valence-corrected chi connectivity index (χ3v) is 5.02. The quantitative estimate of drug-likeness (QED) is 0.681. The maximum Gasteiger partial charge on any atom is 0.407 e. The van der Waals surface area contributed by atoms with Gasteiger partial charge in [0.25, 0.3) is 11.2 Å². The number of nitrogens with one attached hydrogen (secondary N) is 1. The highest BCUT2D eigenvalue weighted by atomic mass is 19.4. The van der Waals surface area contributed by atoms with Crippen molar-refractivity contribution in [2.24, 2.45) is 5.92 Å². The molecule has 1 heterocycles. The molecule has 1 aliphatic carbocycles. The van der Waals surface area contributed by atoms with Gasteiger partial charge in [0.05, 0.1) is 17.8 Å². The smallest absolute Gasteiger partial charge is 0.297 e. The van der Waals surface area contributed by atoms with Crippen molar-refractivity contribution in [2.45, 2.75) is 38.8 Å². The van der Waals surface area contributed by atoms with E-state index in [0.29, 0.717) is 17.9 Å². The molecule has 7 heteroatoms. The Bertz CT molecular complexity index is 985. The summed E-state index contributed by atoms with van der Waals surface area (Å²) in [5.74, 6) is 0.572. The van der Waals surface area contributed by atoms with Gasteiger partial charge in [0, 0.05) is 11.3 Å². The summed E-state index contributed by atoms with van der Waals surface area (Å²) in [5, 5.41) is 0. The Morgan fingerprint density at radius 2 is 2.00 bits per heavy atom. The molecular formula is C21H20F3N3O. The number of nitrogens with zero attached hydrogens (tertiary/aromatic N) is 2. The molecule has 0 aliphatic heterocycles. The molecule has 2 aromatic rings. The van der Waals surface area contributed by atoms with Crippen LogP contribution in [-0.2, 0) is 6.18 Å². The van der Waals surface area contributed by atoms with E-state index >= 15 is 0 Å². The minimum Gasteiger partial charge on any atom is -0.297 e. The minimum absolute atomic E-state index is 0.0730. The molecule has 1 aliphatic rings. The van der Waals surface area contributed by atoms with Crippen LogP contribution in [0.1, 0.15) is 38.2 Å². The zero-order valence-corrected chi connectivity index (χ0v) is 15.4. The van der Waals surface area contributed by atoms with Crippen LogP contribution in [0.15, 0.2) is 53.0 Å². The number of rotatable bonds is 4. The number of halogens is 3. The number of aromatic nitrogens is 1. The first-order valence-electron chi connectivity index (χ1n) is 9.11. The topological polar surface area (TPSA) is 38.4 Å². The molecule has 0 saturated carbocycles. The lowest BCUT2D eigenvalue weighted by Gasteiger charge is -2.24. The van der Waals surface area contributed by atoms with Gasteiger partial charge in [-0.1, -0.05) is 49.8 Å². The molecule has 28 heavy (non-hydrogen) atoms. The van der Waals surface area contributed by atoms with Crippen LogP contribution in [0.3, 0.4) is 0 Å². The number of benzene rings is 1. The molecule has 1 aromatic heterocycles. The third kappa shape index (κ3) is 3.96. The Kier molecular flexibility index (Phi) is 5.59. The van der Waals surface area contributed by atoms with E-state index in [-0.39, 0.29) is 5.69 Å². The second-order valence-corrected chi connectivity index (χ2v) is 6.80. The van der Waals surface area contributed by atoms with Gasteiger partial charge in [-0.05, 0) is 31.2 Å². The molecule has 4 nitrogen and oxygen atoms in total. The van der Waals surface area contributed by atoms with Gasteiger partial charge >= 0.3 is 6.18 Å². The van der Waals surface area contributed by atoms with E-state index in [9.17, 15) is 18.0 Å². The van der Waals surface area contributed by atoms with Crippen molar-refractivity contribution in [2.75, 3.05) is 5.43 Å². The average Bonchev–Trinajstić information content (AvgIpc) is 2.69. The second kappa shape index (κ2) is 7.93. The molecule has 1 unspecified atom stereocenters. The summed E-state index contributed by atoms with van der Waals surface area (Å²) < 4.78 is 41.4. The fourth-order valence-corrected chi connectivity index (χ4v) is 3.36. The summed E-state index contributed by atoms with van der Waals surface area (Å²) in [7, 11) is 0. The van der Waals surface area contributed by atoms with E-state index in [1.54, 1.807) is 30.3 Å². The van der Waals surface area contributed by atoms with Crippen LogP contribution in [0.2, 0.25) is 0 Å². The zero-order valence-electron chi connectivity index (χ0n) is 15.4. The summed E-state index contributed by atoms with van der Waals surface area (Å²) in [6, 6.07) is 9.25. The highest BCUT2D eigenvalue weighted by Gasteiger charge is 2.36. The number of alkyl halides is 3. The van der Waals surface area contributed by atoms with Crippen molar-refractivity contribution < 1.29 is 13.2 Å². The van der Waals surface area contributed by atoms with Gasteiger partial charge in [0.15, 0.2) is 0 Å². The molecule has 1 N–H and O–H groups in total. The fraction of sp³-hybridized carbons (Fsp3) is 0.333. The highest BCUT2D eigenvalue weighted by molar-refractivity contribution is 5.66. The molecule has 3 rings (SSSR count). The van der Waals surface area contributed by atoms with Gasteiger partial charge in [-0.2, -0.15) is 13.2 Å².